The van der Waals surface area contributed by atoms with Crippen molar-refractivity contribution in [3.8, 4) is 0 Å². The van der Waals surface area contributed by atoms with Gasteiger partial charge >= 0.3 is 0 Å². The lowest BCUT2D eigenvalue weighted by Crippen LogP contribution is -2.39. The van der Waals surface area contributed by atoms with Gasteiger partial charge in [0.15, 0.2) is 0 Å². The van der Waals surface area contributed by atoms with Crippen LogP contribution in [0.1, 0.15) is 12.5 Å². The Bertz CT molecular complexity index is 299. The molecule has 1 rings (SSSR count). The van der Waals surface area contributed by atoms with Crippen LogP contribution in [-0.4, -0.2) is 28.9 Å². The van der Waals surface area contributed by atoms with Gasteiger partial charge in [-0.15, -0.1) is 0 Å². The van der Waals surface area contributed by atoms with Crippen LogP contribution in [0.15, 0.2) is 24.5 Å². The van der Waals surface area contributed by atoms with Crippen LogP contribution in [0.25, 0.3) is 0 Å². The van der Waals surface area contributed by atoms with E-state index in [1.807, 2.05) is 24.1 Å². The molecule has 4 nitrogen and oxygen atoms in total. The highest BCUT2D eigenvalue weighted by Gasteiger charge is 2.14. The van der Waals surface area contributed by atoms with E-state index < -0.39 is 0 Å². The summed E-state index contributed by atoms with van der Waals surface area (Å²) in [5, 5.41) is 0. The molecular weight excluding hydrogens is 178 g/mol. The Morgan fingerprint density at radius 1 is 1.71 bits per heavy atom. The number of amides is 1. The summed E-state index contributed by atoms with van der Waals surface area (Å²) in [7, 11) is 1.86. The molecule has 4 heteroatoms. The normalized spacial score (nSPS) is 12.8. The number of nitrogens with two attached hydrogens (primary N) is 1. The SMILES string of the molecule is CC(C(N)=O)N(C)Cc1cccnc1. The summed E-state index contributed by atoms with van der Waals surface area (Å²) in [6, 6.07) is 3.59. The van der Waals surface area contributed by atoms with E-state index in [-0.39, 0.29) is 11.9 Å². The molecule has 0 aliphatic carbocycles. The molecule has 1 heterocycles. The predicted molar refractivity (Wildman–Crippen MR) is 54.4 cm³/mol. The Balaban J connectivity index is 2.57. The number of rotatable bonds is 4. The maximum Gasteiger partial charge on any atom is 0.234 e. The van der Waals surface area contributed by atoms with E-state index in [4.69, 9.17) is 5.73 Å². The summed E-state index contributed by atoms with van der Waals surface area (Å²) in [5.41, 5.74) is 6.27. The van der Waals surface area contributed by atoms with Crippen LogP contribution in [0.5, 0.6) is 0 Å². The molecule has 14 heavy (non-hydrogen) atoms. The fourth-order valence-electron chi connectivity index (χ4n) is 1.13. The Kier molecular flexibility index (Phi) is 3.59. The molecule has 0 radical (unpaired) electrons. The van der Waals surface area contributed by atoms with E-state index in [9.17, 15) is 4.79 Å². The van der Waals surface area contributed by atoms with Gasteiger partial charge in [-0.3, -0.25) is 14.7 Å². The van der Waals surface area contributed by atoms with Crippen molar-refractivity contribution in [2.75, 3.05) is 7.05 Å². The largest absolute Gasteiger partial charge is 0.368 e. The van der Waals surface area contributed by atoms with Gasteiger partial charge in [0.1, 0.15) is 0 Å². The number of carbonyl (C=O) groups is 1. The Morgan fingerprint density at radius 2 is 2.43 bits per heavy atom. The molecule has 2 N–H and O–H groups in total. The molecule has 1 atom stereocenters. The Morgan fingerprint density at radius 3 is 2.93 bits per heavy atom. The van der Waals surface area contributed by atoms with Crippen LogP contribution < -0.4 is 5.73 Å². The predicted octanol–water partition coefficient (Wildman–Crippen LogP) is 0.387. The molecule has 0 aliphatic rings. The molecule has 76 valence electrons. The lowest BCUT2D eigenvalue weighted by atomic mass is 10.2. The minimum Gasteiger partial charge on any atom is -0.368 e. The number of aromatic nitrogens is 1. The quantitative estimate of drug-likeness (QED) is 0.752. The van der Waals surface area contributed by atoms with Gasteiger partial charge in [0, 0.05) is 18.9 Å². The number of hydrogen-bond donors (Lipinski definition) is 1. The summed E-state index contributed by atoms with van der Waals surface area (Å²) in [6.45, 7) is 2.47. The van der Waals surface area contributed by atoms with Crippen molar-refractivity contribution >= 4 is 5.91 Å². The van der Waals surface area contributed by atoms with Gasteiger partial charge in [-0.2, -0.15) is 0 Å². The molecule has 0 spiro atoms. The van der Waals surface area contributed by atoms with E-state index in [0.29, 0.717) is 6.54 Å². The van der Waals surface area contributed by atoms with Crippen molar-refractivity contribution in [2.24, 2.45) is 5.73 Å². The molecule has 0 saturated heterocycles. The van der Waals surface area contributed by atoms with Crippen molar-refractivity contribution in [1.82, 2.24) is 9.88 Å². The fourth-order valence-corrected chi connectivity index (χ4v) is 1.13. The molecule has 1 aromatic heterocycles. The van der Waals surface area contributed by atoms with Gasteiger partial charge in [0.25, 0.3) is 0 Å². The van der Waals surface area contributed by atoms with Crippen LogP contribution in [0.3, 0.4) is 0 Å². The van der Waals surface area contributed by atoms with Gasteiger partial charge in [0.2, 0.25) is 5.91 Å². The second-order valence-corrected chi connectivity index (χ2v) is 3.35. The molecule has 0 fully saturated rings. The number of hydrogen-bond acceptors (Lipinski definition) is 3. The highest BCUT2D eigenvalue weighted by atomic mass is 16.1. The first-order valence-corrected chi connectivity index (χ1v) is 4.49. The number of likely N-dealkylation sites (N-methyl/N-ethyl adjacent to an activating group) is 1. The number of pyridine rings is 1. The summed E-state index contributed by atoms with van der Waals surface area (Å²) in [6.07, 6.45) is 3.51. The van der Waals surface area contributed by atoms with Crippen LogP contribution in [0.2, 0.25) is 0 Å². The second-order valence-electron chi connectivity index (χ2n) is 3.35. The first kappa shape index (κ1) is 10.7. The Labute approximate surface area is 83.7 Å². The molecule has 1 amide bonds. The van der Waals surface area contributed by atoms with E-state index in [1.54, 1.807) is 19.3 Å². The third kappa shape index (κ3) is 2.81. The topological polar surface area (TPSA) is 59.2 Å². The molecule has 0 aromatic carbocycles. The van der Waals surface area contributed by atoms with Crippen molar-refractivity contribution in [3.63, 3.8) is 0 Å². The summed E-state index contributed by atoms with van der Waals surface area (Å²) >= 11 is 0. The molecule has 0 bridgehead atoms. The third-order valence-corrected chi connectivity index (χ3v) is 2.23. The van der Waals surface area contributed by atoms with E-state index >= 15 is 0 Å². The van der Waals surface area contributed by atoms with Crippen molar-refractivity contribution in [3.05, 3.63) is 30.1 Å². The molecule has 1 aromatic rings. The van der Waals surface area contributed by atoms with Crippen LogP contribution in [0, 0.1) is 0 Å². The molecular formula is C10H15N3O. The average molecular weight is 193 g/mol. The van der Waals surface area contributed by atoms with Gasteiger partial charge in [-0.05, 0) is 25.6 Å². The van der Waals surface area contributed by atoms with Crippen molar-refractivity contribution < 1.29 is 4.79 Å². The van der Waals surface area contributed by atoms with Gasteiger partial charge in [-0.25, -0.2) is 0 Å². The van der Waals surface area contributed by atoms with Crippen LogP contribution >= 0.6 is 0 Å². The van der Waals surface area contributed by atoms with Gasteiger partial charge in [-0.1, -0.05) is 6.07 Å². The lowest BCUT2D eigenvalue weighted by molar-refractivity contribution is -0.122. The lowest BCUT2D eigenvalue weighted by Gasteiger charge is -2.21. The number of primary amides is 1. The van der Waals surface area contributed by atoms with Crippen molar-refractivity contribution in [2.45, 2.75) is 19.5 Å². The second kappa shape index (κ2) is 4.72. The Hall–Kier alpha value is -1.42. The van der Waals surface area contributed by atoms with Gasteiger partial charge < -0.3 is 5.73 Å². The highest BCUT2D eigenvalue weighted by molar-refractivity contribution is 5.79. The number of carbonyl (C=O) groups excluding carboxylic acids is 1. The van der Waals surface area contributed by atoms with Crippen LogP contribution in [0.4, 0.5) is 0 Å². The van der Waals surface area contributed by atoms with Crippen molar-refractivity contribution in [1.29, 1.82) is 0 Å². The maximum absolute atomic E-state index is 10.9. The molecule has 1 unspecified atom stereocenters. The monoisotopic (exact) mass is 193 g/mol. The fraction of sp³-hybridized carbons (Fsp3) is 0.400. The van der Waals surface area contributed by atoms with E-state index in [1.165, 1.54) is 0 Å². The standard InChI is InChI=1S/C10H15N3O/c1-8(10(11)14)13(2)7-9-4-3-5-12-6-9/h3-6,8H,7H2,1-2H3,(H2,11,14). The average Bonchev–Trinajstić information content (AvgIpc) is 2.18. The minimum atomic E-state index is -0.309. The highest BCUT2D eigenvalue weighted by Crippen LogP contribution is 2.03. The van der Waals surface area contributed by atoms with Gasteiger partial charge in [0.05, 0.1) is 6.04 Å². The van der Waals surface area contributed by atoms with E-state index in [2.05, 4.69) is 4.98 Å². The van der Waals surface area contributed by atoms with Crippen LogP contribution in [-0.2, 0) is 11.3 Å². The smallest absolute Gasteiger partial charge is 0.234 e. The third-order valence-electron chi connectivity index (χ3n) is 2.23. The summed E-state index contributed by atoms with van der Waals surface area (Å²) in [4.78, 5) is 16.8. The summed E-state index contributed by atoms with van der Waals surface area (Å²) in [5.74, 6) is -0.309. The zero-order valence-corrected chi connectivity index (χ0v) is 8.47. The van der Waals surface area contributed by atoms with E-state index in [0.717, 1.165) is 5.56 Å². The maximum atomic E-state index is 10.9. The zero-order valence-electron chi connectivity index (χ0n) is 8.47. The molecule has 0 aliphatic heterocycles. The number of nitrogens with zero attached hydrogens (tertiary/aromatic N) is 2. The molecule has 0 saturated carbocycles. The minimum absolute atomic E-state index is 0.254. The zero-order chi connectivity index (χ0) is 10.6. The first-order chi connectivity index (χ1) is 6.61. The first-order valence-electron chi connectivity index (χ1n) is 4.49. The summed E-state index contributed by atoms with van der Waals surface area (Å²) < 4.78 is 0.